The highest BCUT2D eigenvalue weighted by Crippen LogP contribution is 2.11. The number of nitrogens with one attached hydrogen (secondary N) is 1. The molecule has 0 saturated heterocycles. The van der Waals surface area contributed by atoms with Crippen LogP contribution in [0.5, 0.6) is 5.75 Å². The summed E-state index contributed by atoms with van der Waals surface area (Å²) in [6.07, 6.45) is 4.20. The first kappa shape index (κ1) is 14.3. The zero-order chi connectivity index (χ0) is 15.2. The summed E-state index contributed by atoms with van der Waals surface area (Å²) in [6, 6.07) is 9.12. The van der Waals surface area contributed by atoms with Crippen molar-refractivity contribution in [1.29, 1.82) is 0 Å². The second kappa shape index (κ2) is 6.33. The Bertz CT molecular complexity index is 693. The van der Waals surface area contributed by atoms with Crippen LogP contribution in [-0.2, 0) is 4.79 Å². The van der Waals surface area contributed by atoms with E-state index in [0.717, 1.165) is 5.56 Å². The van der Waals surface area contributed by atoms with Gasteiger partial charge in [-0.25, -0.2) is 9.78 Å². The first-order valence-electron chi connectivity index (χ1n) is 6.02. The molecule has 1 aromatic carbocycles. The number of aromatic hydroxyl groups is 1. The Kier molecular flexibility index (Phi) is 4.30. The normalized spacial score (nSPS) is 10.5. The number of carbonyl (C=O) groups excluding carboxylic acids is 1. The van der Waals surface area contributed by atoms with E-state index in [1.54, 1.807) is 18.2 Å². The molecule has 21 heavy (non-hydrogen) atoms. The first-order chi connectivity index (χ1) is 10.0. The van der Waals surface area contributed by atoms with Gasteiger partial charge in [-0.15, -0.1) is 0 Å². The molecule has 0 bridgehead atoms. The second-order valence-electron chi connectivity index (χ2n) is 4.15. The van der Waals surface area contributed by atoms with E-state index in [4.69, 9.17) is 10.2 Å². The van der Waals surface area contributed by atoms with E-state index < -0.39 is 11.9 Å². The number of phenols is 1. The fourth-order valence-corrected chi connectivity index (χ4v) is 1.57. The average Bonchev–Trinajstić information content (AvgIpc) is 2.47. The molecule has 0 spiro atoms. The Morgan fingerprint density at radius 3 is 2.52 bits per heavy atom. The van der Waals surface area contributed by atoms with E-state index in [0.29, 0.717) is 5.69 Å². The molecule has 0 aliphatic rings. The van der Waals surface area contributed by atoms with E-state index >= 15 is 0 Å². The summed E-state index contributed by atoms with van der Waals surface area (Å²) in [5, 5.41) is 20.5. The number of pyridine rings is 1. The number of anilines is 1. The molecule has 0 radical (unpaired) electrons. The van der Waals surface area contributed by atoms with Gasteiger partial charge in [0.15, 0.2) is 0 Å². The van der Waals surface area contributed by atoms with Crippen LogP contribution in [0.15, 0.2) is 48.7 Å². The molecule has 1 amide bonds. The Morgan fingerprint density at radius 1 is 1.14 bits per heavy atom. The number of carboxylic acid groups (broad SMARTS) is 1. The Labute approximate surface area is 120 Å². The van der Waals surface area contributed by atoms with Crippen LogP contribution in [0.1, 0.15) is 16.1 Å². The standard InChI is InChI=1S/C15H12N2O4/c18-12-4-1-10(2-5-12)3-6-14(19)17-11-7-8-16-13(9-11)15(20)21/h1-9,18H,(H,20,21)(H,16,17,19). The van der Waals surface area contributed by atoms with Crippen molar-refractivity contribution >= 4 is 23.6 Å². The van der Waals surface area contributed by atoms with Crippen molar-refractivity contribution in [1.82, 2.24) is 4.98 Å². The number of aromatic nitrogens is 1. The monoisotopic (exact) mass is 284 g/mol. The lowest BCUT2D eigenvalue weighted by Gasteiger charge is -2.02. The molecule has 106 valence electrons. The van der Waals surface area contributed by atoms with Gasteiger partial charge in [-0.2, -0.15) is 0 Å². The number of hydrogen-bond donors (Lipinski definition) is 3. The number of aromatic carboxylic acids is 1. The molecule has 1 heterocycles. The van der Waals surface area contributed by atoms with E-state index in [-0.39, 0.29) is 11.4 Å². The van der Waals surface area contributed by atoms with Crippen molar-refractivity contribution in [2.75, 3.05) is 5.32 Å². The van der Waals surface area contributed by atoms with Crippen molar-refractivity contribution in [3.8, 4) is 5.75 Å². The maximum Gasteiger partial charge on any atom is 0.354 e. The van der Waals surface area contributed by atoms with E-state index in [9.17, 15) is 9.59 Å². The fourth-order valence-electron chi connectivity index (χ4n) is 1.57. The minimum absolute atomic E-state index is 0.143. The minimum Gasteiger partial charge on any atom is -0.508 e. The number of nitrogens with zero attached hydrogens (tertiary/aromatic N) is 1. The predicted octanol–water partition coefficient (Wildman–Crippen LogP) is 2.14. The predicted molar refractivity (Wildman–Crippen MR) is 77.0 cm³/mol. The summed E-state index contributed by atoms with van der Waals surface area (Å²) in [7, 11) is 0. The van der Waals surface area contributed by atoms with Crippen molar-refractivity contribution in [2.45, 2.75) is 0 Å². The lowest BCUT2D eigenvalue weighted by molar-refractivity contribution is -0.111. The van der Waals surface area contributed by atoms with Crippen LogP contribution in [0, 0.1) is 0 Å². The molecule has 0 saturated carbocycles. The zero-order valence-electron chi connectivity index (χ0n) is 10.9. The van der Waals surface area contributed by atoms with Crippen LogP contribution in [-0.4, -0.2) is 27.1 Å². The molecular formula is C15H12N2O4. The number of amides is 1. The van der Waals surface area contributed by atoms with Crippen LogP contribution in [0.3, 0.4) is 0 Å². The highest BCUT2D eigenvalue weighted by atomic mass is 16.4. The summed E-state index contributed by atoms with van der Waals surface area (Å²) in [6.45, 7) is 0. The molecule has 6 heteroatoms. The molecule has 0 unspecified atom stereocenters. The highest BCUT2D eigenvalue weighted by Gasteiger charge is 2.06. The van der Waals surface area contributed by atoms with Gasteiger partial charge in [-0.05, 0) is 35.9 Å². The summed E-state index contributed by atoms with van der Waals surface area (Å²) >= 11 is 0. The third-order valence-electron chi connectivity index (χ3n) is 2.57. The number of rotatable bonds is 4. The van der Waals surface area contributed by atoms with Gasteiger partial charge in [0, 0.05) is 18.0 Å². The van der Waals surface area contributed by atoms with Gasteiger partial charge in [0.05, 0.1) is 0 Å². The van der Waals surface area contributed by atoms with Gasteiger partial charge in [-0.1, -0.05) is 12.1 Å². The van der Waals surface area contributed by atoms with Gasteiger partial charge in [0.2, 0.25) is 5.91 Å². The van der Waals surface area contributed by atoms with Gasteiger partial charge in [-0.3, -0.25) is 4.79 Å². The number of phenolic OH excluding ortho intramolecular Hbond substituents is 1. The SMILES string of the molecule is O=C(C=Cc1ccc(O)cc1)Nc1ccnc(C(=O)O)c1. The minimum atomic E-state index is -1.16. The fraction of sp³-hybridized carbons (Fsp3) is 0. The van der Waals surface area contributed by atoms with E-state index in [1.807, 2.05) is 0 Å². The summed E-state index contributed by atoms with van der Waals surface area (Å²) in [5.74, 6) is -1.41. The quantitative estimate of drug-likeness (QED) is 0.747. The molecular weight excluding hydrogens is 272 g/mol. The summed E-state index contributed by atoms with van der Waals surface area (Å²) in [4.78, 5) is 26.1. The molecule has 0 atom stereocenters. The summed E-state index contributed by atoms with van der Waals surface area (Å²) < 4.78 is 0. The molecule has 0 aliphatic carbocycles. The smallest absolute Gasteiger partial charge is 0.354 e. The molecule has 6 nitrogen and oxygen atoms in total. The topological polar surface area (TPSA) is 99.5 Å². The Morgan fingerprint density at radius 2 is 1.86 bits per heavy atom. The number of carboxylic acids is 1. The molecule has 1 aromatic heterocycles. The van der Waals surface area contributed by atoms with E-state index in [1.165, 1.54) is 36.5 Å². The maximum atomic E-state index is 11.7. The maximum absolute atomic E-state index is 11.7. The number of benzene rings is 1. The highest BCUT2D eigenvalue weighted by molar-refractivity contribution is 6.02. The van der Waals surface area contributed by atoms with Crippen molar-refractivity contribution < 1.29 is 19.8 Å². The van der Waals surface area contributed by atoms with Crippen LogP contribution >= 0.6 is 0 Å². The zero-order valence-corrected chi connectivity index (χ0v) is 10.9. The average molecular weight is 284 g/mol. The largest absolute Gasteiger partial charge is 0.508 e. The van der Waals surface area contributed by atoms with Crippen molar-refractivity contribution in [3.05, 3.63) is 59.9 Å². The van der Waals surface area contributed by atoms with Gasteiger partial charge in [0.1, 0.15) is 11.4 Å². The van der Waals surface area contributed by atoms with Crippen LogP contribution in [0.2, 0.25) is 0 Å². The molecule has 3 N–H and O–H groups in total. The van der Waals surface area contributed by atoms with Crippen LogP contribution in [0.25, 0.3) is 6.08 Å². The van der Waals surface area contributed by atoms with E-state index in [2.05, 4.69) is 10.3 Å². The van der Waals surface area contributed by atoms with Gasteiger partial charge >= 0.3 is 5.97 Å². The molecule has 2 aromatic rings. The second-order valence-corrected chi connectivity index (χ2v) is 4.15. The Balaban J connectivity index is 2.03. The van der Waals surface area contributed by atoms with Crippen LogP contribution in [0.4, 0.5) is 5.69 Å². The van der Waals surface area contributed by atoms with Crippen LogP contribution < -0.4 is 5.32 Å². The third kappa shape index (κ3) is 4.17. The lowest BCUT2D eigenvalue weighted by Crippen LogP contribution is -2.09. The molecule has 0 aliphatic heterocycles. The number of carbonyl (C=O) groups is 2. The van der Waals surface area contributed by atoms with Gasteiger partial charge < -0.3 is 15.5 Å². The third-order valence-corrected chi connectivity index (χ3v) is 2.57. The first-order valence-corrected chi connectivity index (χ1v) is 6.02. The Hall–Kier alpha value is -3.15. The summed E-state index contributed by atoms with van der Waals surface area (Å²) in [5.41, 5.74) is 0.960. The lowest BCUT2D eigenvalue weighted by atomic mass is 10.2. The molecule has 0 fully saturated rings. The number of hydrogen-bond acceptors (Lipinski definition) is 4. The van der Waals surface area contributed by atoms with Gasteiger partial charge in [0.25, 0.3) is 0 Å². The van der Waals surface area contributed by atoms with Crippen molar-refractivity contribution in [2.24, 2.45) is 0 Å². The van der Waals surface area contributed by atoms with Crippen molar-refractivity contribution in [3.63, 3.8) is 0 Å². The molecule has 2 rings (SSSR count).